The van der Waals surface area contributed by atoms with Gasteiger partial charge in [0.15, 0.2) is 5.82 Å². The van der Waals surface area contributed by atoms with Crippen LogP contribution in [0.5, 0.6) is 5.75 Å². The fourth-order valence-electron chi connectivity index (χ4n) is 3.13. The Morgan fingerprint density at radius 3 is 2.59 bits per heavy atom. The van der Waals surface area contributed by atoms with Crippen molar-refractivity contribution in [3.05, 3.63) is 47.0 Å². The summed E-state index contributed by atoms with van der Waals surface area (Å²) in [5.41, 5.74) is 0.256. The van der Waals surface area contributed by atoms with Gasteiger partial charge in [0.05, 0.1) is 22.2 Å². The molecule has 1 fully saturated rings. The molecule has 1 unspecified atom stereocenters. The quantitative estimate of drug-likeness (QED) is 0.681. The average Bonchev–Trinajstić information content (AvgIpc) is 3.31. The Morgan fingerprint density at radius 2 is 2.07 bits per heavy atom. The summed E-state index contributed by atoms with van der Waals surface area (Å²) in [5, 5.41) is 9.23. The summed E-state index contributed by atoms with van der Waals surface area (Å²) in [4.78, 5) is 15.7. The van der Waals surface area contributed by atoms with Crippen molar-refractivity contribution >= 4 is 17.6 Å². The highest BCUT2D eigenvalue weighted by atomic mass is 35.5. The molecular weight excluding hydrogens is 383 g/mol. The number of ether oxygens (including phenoxy) is 1. The lowest BCUT2D eigenvalue weighted by atomic mass is 9.96. The van der Waals surface area contributed by atoms with Gasteiger partial charge in [0, 0.05) is 11.8 Å². The lowest BCUT2D eigenvalue weighted by Crippen LogP contribution is -2.14. The highest BCUT2D eigenvalue weighted by molar-refractivity contribution is 6.31. The highest BCUT2D eigenvalue weighted by Crippen LogP contribution is 2.44. The molecule has 0 bridgehead atoms. The molecule has 1 N–H and O–H groups in total. The van der Waals surface area contributed by atoms with Crippen molar-refractivity contribution in [1.82, 2.24) is 4.98 Å². The number of carboxylic acids is 1. The van der Waals surface area contributed by atoms with Gasteiger partial charge in [0.1, 0.15) is 5.75 Å². The van der Waals surface area contributed by atoms with E-state index in [1.807, 2.05) is 0 Å². The van der Waals surface area contributed by atoms with Crippen LogP contribution < -0.4 is 4.74 Å². The number of carbonyl (C=O) groups is 1. The van der Waals surface area contributed by atoms with E-state index in [2.05, 4.69) is 16.6 Å². The molecule has 0 amide bonds. The Balaban J connectivity index is 1.93. The summed E-state index contributed by atoms with van der Waals surface area (Å²) < 4.78 is 44.0. The lowest BCUT2D eigenvalue weighted by molar-refractivity contribution is -0.139. The van der Waals surface area contributed by atoms with Crippen molar-refractivity contribution in [2.24, 2.45) is 11.8 Å². The predicted molar refractivity (Wildman–Crippen MR) is 93.5 cm³/mol. The average molecular weight is 400 g/mol. The molecule has 0 saturated heterocycles. The minimum atomic E-state index is -3.13. The Bertz CT molecular complexity index is 845. The fourth-order valence-corrected chi connectivity index (χ4v) is 3.29. The number of nitrogens with zero attached hydrogens (tertiary/aromatic N) is 1. The lowest BCUT2D eigenvalue weighted by Gasteiger charge is -2.15. The Labute approximate surface area is 158 Å². The molecule has 1 aromatic carbocycles. The molecule has 1 aliphatic carbocycles. The zero-order valence-corrected chi connectivity index (χ0v) is 15.1. The van der Waals surface area contributed by atoms with E-state index in [1.165, 1.54) is 18.3 Å². The standard InChI is InChI=1S/C19H17ClF3NO3/c1-9-6-11(9)7-12(18(25)26)14-4-2-10(8-24-14)16-15(27-19(22)23)5-3-13(20)17(16)21/h2-5,8-9,11-12,19H,6-7H2,1H3,(H,25,26)/t9-,11+,12?/m1/s1. The number of carboxylic acid groups (broad SMARTS) is 1. The van der Waals surface area contributed by atoms with E-state index in [1.54, 1.807) is 0 Å². The van der Waals surface area contributed by atoms with Crippen molar-refractivity contribution in [3.63, 3.8) is 0 Å². The SMILES string of the molecule is C[C@@H]1C[C@H]1CC(C(=O)O)c1ccc(-c2c(OC(F)F)ccc(Cl)c2F)cn1. The van der Waals surface area contributed by atoms with Gasteiger partial charge in [-0.05, 0) is 42.9 Å². The fraction of sp³-hybridized carbons (Fsp3) is 0.368. The number of hydrogen-bond donors (Lipinski definition) is 1. The number of aromatic nitrogens is 1. The van der Waals surface area contributed by atoms with Crippen molar-refractivity contribution in [3.8, 4) is 16.9 Å². The van der Waals surface area contributed by atoms with Gasteiger partial charge in [-0.2, -0.15) is 8.78 Å². The number of pyridine rings is 1. The Morgan fingerprint density at radius 1 is 1.37 bits per heavy atom. The monoisotopic (exact) mass is 399 g/mol. The van der Waals surface area contributed by atoms with Crippen LogP contribution >= 0.6 is 11.6 Å². The number of alkyl halides is 2. The minimum absolute atomic E-state index is 0.165. The summed E-state index contributed by atoms with van der Waals surface area (Å²) >= 11 is 5.76. The van der Waals surface area contributed by atoms with E-state index < -0.39 is 24.3 Å². The third-order valence-corrected chi connectivity index (χ3v) is 5.11. The smallest absolute Gasteiger partial charge is 0.387 e. The van der Waals surface area contributed by atoms with E-state index in [9.17, 15) is 23.1 Å². The maximum Gasteiger partial charge on any atom is 0.387 e. The minimum Gasteiger partial charge on any atom is -0.481 e. The highest BCUT2D eigenvalue weighted by Gasteiger charge is 2.37. The second-order valence-corrected chi connectivity index (χ2v) is 7.09. The summed E-state index contributed by atoms with van der Waals surface area (Å²) in [6, 6.07) is 5.17. The van der Waals surface area contributed by atoms with Crippen LogP contribution in [0.3, 0.4) is 0 Å². The number of hydrogen-bond acceptors (Lipinski definition) is 3. The van der Waals surface area contributed by atoms with E-state index in [4.69, 9.17) is 11.6 Å². The van der Waals surface area contributed by atoms with Gasteiger partial charge in [0.2, 0.25) is 0 Å². The molecule has 1 aliphatic rings. The van der Waals surface area contributed by atoms with Crippen LogP contribution in [0.15, 0.2) is 30.5 Å². The van der Waals surface area contributed by atoms with Crippen molar-refractivity contribution in [1.29, 1.82) is 0 Å². The molecule has 0 spiro atoms. The van der Waals surface area contributed by atoms with E-state index in [0.29, 0.717) is 24.0 Å². The normalized spacial score (nSPS) is 19.8. The molecule has 8 heteroatoms. The van der Waals surface area contributed by atoms with Crippen molar-refractivity contribution in [2.45, 2.75) is 32.3 Å². The van der Waals surface area contributed by atoms with Crippen LogP contribution in [0.25, 0.3) is 11.1 Å². The number of aliphatic carboxylic acids is 1. The van der Waals surface area contributed by atoms with Gasteiger partial charge in [-0.15, -0.1) is 0 Å². The number of halogens is 4. The molecule has 144 valence electrons. The van der Waals surface area contributed by atoms with E-state index in [0.717, 1.165) is 18.6 Å². The van der Waals surface area contributed by atoms with Crippen LogP contribution in [-0.2, 0) is 4.79 Å². The number of rotatable bonds is 7. The molecule has 1 saturated carbocycles. The van der Waals surface area contributed by atoms with Crippen LogP contribution in [0.1, 0.15) is 31.4 Å². The second-order valence-electron chi connectivity index (χ2n) is 6.68. The molecule has 3 atom stereocenters. The molecule has 3 rings (SSSR count). The maximum atomic E-state index is 14.4. The van der Waals surface area contributed by atoms with Gasteiger partial charge >= 0.3 is 12.6 Å². The molecular formula is C19H17ClF3NO3. The largest absolute Gasteiger partial charge is 0.481 e. The summed E-state index contributed by atoms with van der Waals surface area (Å²) in [5.74, 6) is -2.18. The van der Waals surface area contributed by atoms with Crippen LogP contribution in [0, 0.1) is 17.7 Å². The second kappa shape index (κ2) is 7.76. The molecule has 2 aromatic rings. The zero-order chi connectivity index (χ0) is 19.7. The summed E-state index contributed by atoms with van der Waals surface area (Å²) in [6.45, 7) is -1.07. The van der Waals surface area contributed by atoms with Gasteiger partial charge in [-0.25, -0.2) is 4.39 Å². The first-order chi connectivity index (χ1) is 12.8. The van der Waals surface area contributed by atoms with E-state index in [-0.39, 0.29) is 21.9 Å². The van der Waals surface area contributed by atoms with Gasteiger partial charge in [0.25, 0.3) is 0 Å². The first-order valence-electron chi connectivity index (χ1n) is 8.39. The topological polar surface area (TPSA) is 59.4 Å². The first kappa shape index (κ1) is 19.5. The Kier molecular flexibility index (Phi) is 5.60. The third-order valence-electron chi connectivity index (χ3n) is 4.82. The summed E-state index contributed by atoms with van der Waals surface area (Å²) in [7, 11) is 0. The third kappa shape index (κ3) is 4.35. The van der Waals surface area contributed by atoms with Gasteiger partial charge in [-0.3, -0.25) is 9.78 Å². The van der Waals surface area contributed by atoms with Crippen LogP contribution in [0.2, 0.25) is 5.02 Å². The molecule has 1 aromatic heterocycles. The van der Waals surface area contributed by atoms with Gasteiger partial charge < -0.3 is 9.84 Å². The Hall–Kier alpha value is -2.28. The molecule has 0 radical (unpaired) electrons. The molecule has 4 nitrogen and oxygen atoms in total. The van der Waals surface area contributed by atoms with E-state index >= 15 is 0 Å². The molecule has 27 heavy (non-hydrogen) atoms. The maximum absolute atomic E-state index is 14.4. The first-order valence-corrected chi connectivity index (χ1v) is 8.77. The van der Waals surface area contributed by atoms with Gasteiger partial charge in [-0.1, -0.05) is 24.6 Å². The zero-order valence-electron chi connectivity index (χ0n) is 14.3. The van der Waals surface area contributed by atoms with Crippen LogP contribution in [0.4, 0.5) is 13.2 Å². The molecule has 0 aliphatic heterocycles. The molecule has 1 heterocycles. The number of benzene rings is 1. The summed E-state index contributed by atoms with van der Waals surface area (Å²) in [6.07, 6.45) is 2.71. The van der Waals surface area contributed by atoms with Crippen molar-refractivity contribution < 1.29 is 27.8 Å². The van der Waals surface area contributed by atoms with Crippen molar-refractivity contribution in [2.75, 3.05) is 0 Å². The van der Waals surface area contributed by atoms with Crippen LogP contribution in [-0.4, -0.2) is 22.7 Å². The predicted octanol–water partition coefficient (Wildman–Crippen LogP) is 5.36.